The molecule has 0 aliphatic carbocycles. The molecule has 0 saturated heterocycles. The summed E-state index contributed by atoms with van der Waals surface area (Å²) < 4.78 is 5.44. The number of anilines is 1. The summed E-state index contributed by atoms with van der Waals surface area (Å²) in [6.45, 7) is 5.92. The topological polar surface area (TPSA) is 64.3 Å². The second-order valence-electron chi connectivity index (χ2n) is 4.16. The molecule has 0 aromatic heterocycles. The SMILES string of the molecule is C=CCC(C)NC(=O)CCOc1cccc(N)c1. The first-order valence-corrected chi connectivity index (χ1v) is 6.00. The Hall–Kier alpha value is -1.97. The molecule has 1 aromatic carbocycles. The highest BCUT2D eigenvalue weighted by Crippen LogP contribution is 2.14. The summed E-state index contributed by atoms with van der Waals surface area (Å²) in [5.74, 6) is 0.662. The van der Waals surface area contributed by atoms with Gasteiger partial charge in [-0.3, -0.25) is 4.79 Å². The summed E-state index contributed by atoms with van der Waals surface area (Å²) in [6.07, 6.45) is 2.88. The van der Waals surface area contributed by atoms with Crippen LogP contribution >= 0.6 is 0 Å². The van der Waals surface area contributed by atoms with E-state index in [0.717, 1.165) is 6.42 Å². The van der Waals surface area contributed by atoms with Crippen molar-refractivity contribution in [2.75, 3.05) is 12.3 Å². The number of rotatable bonds is 7. The fraction of sp³-hybridized carbons (Fsp3) is 0.357. The number of ether oxygens (including phenoxy) is 1. The van der Waals surface area contributed by atoms with Crippen molar-refractivity contribution < 1.29 is 9.53 Å². The van der Waals surface area contributed by atoms with Crippen LogP contribution in [-0.2, 0) is 4.79 Å². The maximum atomic E-state index is 11.5. The van der Waals surface area contributed by atoms with Gasteiger partial charge in [-0.05, 0) is 25.5 Å². The molecule has 1 rings (SSSR count). The van der Waals surface area contributed by atoms with Gasteiger partial charge >= 0.3 is 0 Å². The lowest BCUT2D eigenvalue weighted by atomic mass is 10.2. The zero-order chi connectivity index (χ0) is 13.4. The molecule has 0 heterocycles. The molecule has 18 heavy (non-hydrogen) atoms. The van der Waals surface area contributed by atoms with Crippen LogP contribution in [0.5, 0.6) is 5.75 Å². The van der Waals surface area contributed by atoms with Gasteiger partial charge < -0.3 is 15.8 Å². The molecule has 0 bridgehead atoms. The molecule has 1 atom stereocenters. The van der Waals surface area contributed by atoms with E-state index in [9.17, 15) is 4.79 Å². The Labute approximate surface area is 108 Å². The molecular formula is C14H20N2O2. The minimum Gasteiger partial charge on any atom is -0.493 e. The van der Waals surface area contributed by atoms with E-state index in [2.05, 4.69) is 11.9 Å². The van der Waals surface area contributed by atoms with Crippen LogP contribution in [0.1, 0.15) is 19.8 Å². The number of carbonyl (C=O) groups is 1. The van der Waals surface area contributed by atoms with Crippen LogP contribution in [-0.4, -0.2) is 18.6 Å². The number of hydrogen-bond donors (Lipinski definition) is 2. The average molecular weight is 248 g/mol. The van der Waals surface area contributed by atoms with E-state index in [0.29, 0.717) is 24.5 Å². The number of amides is 1. The first kappa shape index (κ1) is 14.1. The third kappa shape index (κ3) is 5.39. The highest BCUT2D eigenvalue weighted by atomic mass is 16.5. The minimum absolute atomic E-state index is 0.0201. The Balaban J connectivity index is 2.25. The van der Waals surface area contributed by atoms with Crippen molar-refractivity contribution in [3.63, 3.8) is 0 Å². The van der Waals surface area contributed by atoms with Gasteiger partial charge in [0.25, 0.3) is 0 Å². The van der Waals surface area contributed by atoms with Crippen molar-refractivity contribution >= 4 is 11.6 Å². The smallest absolute Gasteiger partial charge is 0.223 e. The Bertz CT molecular complexity index is 405. The van der Waals surface area contributed by atoms with Crippen LogP contribution in [0.25, 0.3) is 0 Å². The van der Waals surface area contributed by atoms with Gasteiger partial charge in [0, 0.05) is 17.8 Å². The van der Waals surface area contributed by atoms with E-state index < -0.39 is 0 Å². The molecule has 98 valence electrons. The fourth-order valence-corrected chi connectivity index (χ4v) is 1.52. The monoisotopic (exact) mass is 248 g/mol. The number of hydrogen-bond acceptors (Lipinski definition) is 3. The standard InChI is InChI=1S/C14H20N2O2/c1-3-5-11(2)16-14(17)8-9-18-13-7-4-6-12(15)10-13/h3-4,6-7,10-11H,1,5,8-9,15H2,2H3,(H,16,17). The summed E-state index contributed by atoms with van der Waals surface area (Å²) in [5.41, 5.74) is 6.27. The molecule has 1 amide bonds. The van der Waals surface area contributed by atoms with Crippen LogP contribution in [0.3, 0.4) is 0 Å². The van der Waals surface area contributed by atoms with Crippen molar-refractivity contribution in [2.45, 2.75) is 25.8 Å². The van der Waals surface area contributed by atoms with Crippen LogP contribution in [0.4, 0.5) is 5.69 Å². The van der Waals surface area contributed by atoms with Crippen molar-refractivity contribution in [1.29, 1.82) is 0 Å². The minimum atomic E-state index is -0.0201. The number of nitrogens with one attached hydrogen (secondary N) is 1. The van der Waals surface area contributed by atoms with Gasteiger partial charge in [-0.1, -0.05) is 12.1 Å². The average Bonchev–Trinajstić information content (AvgIpc) is 2.29. The molecule has 3 N–H and O–H groups in total. The molecule has 0 aliphatic rings. The third-order valence-electron chi connectivity index (χ3n) is 2.38. The zero-order valence-corrected chi connectivity index (χ0v) is 10.7. The van der Waals surface area contributed by atoms with Gasteiger partial charge in [-0.25, -0.2) is 0 Å². The lowest BCUT2D eigenvalue weighted by Gasteiger charge is -2.12. The van der Waals surface area contributed by atoms with Crippen LogP contribution in [0.15, 0.2) is 36.9 Å². The molecule has 0 fully saturated rings. The zero-order valence-electron chi connectivity index (χ0n) is 10.7. The predicted octanol–water partition coefficient (Wildman–Crippen LogP) is 2.12. The van der Waals surface area contributed by atoms with Gasteiger partial charge in [0.2, 0.25) is 5.91 Å². The first-order valence-electron chi connectivity index (χ1n) is 6.00. The Morgan fingerprint density at radius 1 is 1.61 bits per heavy atom. The van der Waals surface area contributed by atoms with E-state index in [1.165, 1.54) is 0 Å². The highest BCUT2D eigenvalue weighted by Gasteiger charge is 2.05. The van der Waals surface area contributed by atoms with E-state index in [1.54, 1.807) is 18.2 Å². The molecule has 0 spiro atoms. The molecular weight excluding hydrogens is 228 g/mol. The number of carbonyl (C=O) groups excluding carboxylic acids is 1. The number of benzene rings is 1. The van der Waals surface area contributed by atoms with Gasteiger partial charge in [0.1, 0.15) is 5.75 Å². The van der Waals surface area contributed by atoms with Crippen molar-refractivity contribution in [3.05, 3.63) is 36.9 Å². The molecule has 0 saturated carbocycles. The summed E-state index contributed by atoms with van der Waals surface area (Å²) in [6, 6.07) is 7.27. The molecule has 4 heteroatoms. The first-order chi connectivity index (χ1) is 8.61. The normalized spacial score (nSPS) is 11.6. The van der Waals surface area contributed by atoms with Gasteiger partial charge in [-0.2, -0.15) is 0 Å². The summed E-state index contributed by atoms with van der Waals surface area (Å²) in [5, 5.41) is 2.86. The molecule has 0 aliphatic heterocycles. The maximum absolute atomic E-state index is 11.5. The van der Waals surface area contributed by atoms with Crippen LogP contribution in [0, 0.1) is 0 Å². The second-order valence-corrected chi connectivity index (χ2v) is 4.16. The largest absolute Gasteiger partial charge is 0.493 e. The third-order valence-corrected chi connectivity index (χ3v) is 2.38. The number of nitrogens with two attached hydrogens (primary N) is 1. The summed E-state index contributed by atoms with van der Waals surface area (Å²) in [7, 11) is 0. The van der Waals surface area contributed by atoms with E-state index in [1.807, 2.05) is 19.1 Å². The second kappa shape index (κ2) is 7.37. The number of nitrogen functional groups attached to an aromatic ring is 1. The molecule has 0 radical (unpaired) electrons. The van der Waals surface area contributed by atoms with Gasteiger partial charge in [-0.15, -0.1) is 6.58 Å². The van der Waals surface area contributed by atoms with Crippen LogP contribution < -0.4 is 15.8 Å². The quantitative estimate of drug-likeness (QED) is 0.574. The van der Waals surface area contributed by atoms with Gasteiger partial charge in [0.15, 0.2) is 0 Å². The Kier molecular flexibility index (Phi) is 5.77. The Morgan fingerprint density at radius 2 is 2.39 bits per heavy atom. The predicted molar refractivity (Wildman–Crippen MR) is 73.4 cm³/mol. The van der Waals surface area contributed by atoms with E-state index in [4.69, 9.17) is 10.5 Å². The van der Waals surface area contributed by atoms with E-state index in [-0.39, 0.29) is 11.9 Å². The maximum Gasteiger partial charge on any atom is 0.223 e. The van der Waals surface area contributed by atoms with Crippen molar-refractivity contribution in [3.8, 4) is 5.75 Å². The van der Waals surface area contributed by atoms with Crippen molar-refractivity contribution in [1.82, 2.24) is 5.32 Å². The highest BCUT2D eigenvalue weighted by molar-refractivity contribution is 5.76. The molecule has 1 unspecified atom stereocenters. The molecule has 1 aromatic rings. The van der Waals surface area contributed by atoms with Crippen molar-refractivity contribution in [2.24, 2.45) is 0 Å². The summed E-state index contributed by atoms with van der Waals surface area (Å²) >= 11 is 0. The summed E-state index contributed by atoms with van der Waals surface area (Å²) in [4.78, 5) is 11.5. The molecule has 4 nitrogen and oxygen atoms in total. The van der Waals surface area contributed by atoms with E-state index >= 15 is 0 Å². The lowest BCUT2D eigenvalue weighted by Crippen LogP contribution is -2.32. The lowest BCUT2D eigenvalue weighted by molar-refractivity contribution is -0.122. The Morgan fingerprint density at radius 3 is 3.06 bits per heavy atom. The fourth-order valence-electron chi connectivity index (χ4n) is 1.52. The van der Waals surface area contributed by atoms with Crippen LogP contribution in [0.2, 0.25) is 0 Å². The van der Waals surface area contributed by atoms with Gasteiger partial charge in [0.05, 0.1) is 13.0 Å².